The number of fused-ring (bicyclic) bond motifs is 2. The van der Waals surface area contributed by atoms with Crippen molar-refractivity contribution in [2.75, 3.05) is 58.3 Å². The van der Waals surface area contributed by atoms with E-state index in [1.807, 2.05) is 7.05 Å². The standard InChI is InChI=1S/C32H54N8O3/c1-32(11-6-12-32)20-8-9-23-22(15-20)35-25(39(23)5)10-7-19-13-21(14-19)36(2)16-24-27(41)28(42)31(43-24)40-18-38(4)26-29(33)37(3)17-34-30(26)40/h8-9,15,19,21,24-31,34-35,41-42H,6-7,10-14,16-18,33H2,1-5H3/t19?,21?,24-,25?,26?,27-,28-,29?,30?,31-/m1/s1. The van der Waals surface area contributed by atoms with Crippen LogP contribution in [0.4, 0.5) is 11.4 Å². The number of likely N-dealkylation sites (N-methyl/N-ethyl adjacent to an activating group) is 3. The number of aliphatic hydroxyl groups excluding tert-OH is 2. The summed E-state index contributed by atoms with van der Waals surface area (Å²) < 4.78 is 6.39. The van der Waals surface area contributed by atoms with Crippen molar-refractivity contribution < 1.29 is 14.9 Å². The molecule has 4 aliphatic heterocycles. The number of benzene rings is 1. The zero-order valence-corrected chi connectivity index (χ0v) is 26.7. The van der Waals surface area contributed by atoms with Crippen molar-refractivity contribution in [2.45, 2.75) is 112 Å². The van der Waals surface area contributed by atoms with Gasteiger partial charge in [-0.25, -0.2) is 4.90 Å². The van der Waals surface area contributed by atoms with Crippen molar-refractivity contribution in [3.63, 3.8) is 0 Å². The highest BCUT2D eigenvalue weighted by molar-refractivity contribution is 5.76. The third-order valence-corrected chi connectivity index (χ3v) is 12.1. The highest BCUT2D eigenvalue weighted by atomic mass is 16.6. The fraction of sp³-hybridized carbons (Fsp3) is 0.812. The Morgan fingerprint density at radius 3 is 2.58 bits per heavy atom. The fourth-order valence-corrected chi connectivity index (χ4v) is 8.72. The second-order valence-electron chi connectivity index (χ2n) is 14.9. The molecule has 8 atom stereocenters. The van der Waals surface area contributed by atoms with Gasteiger partial charge in [0.05, 0.1) is 49.3 Å². The molecule has 7 rings (SSSR count). The van der Waals surface area contributed by atoms with E-state index in [4.69, 9.17) is 10.5 Å². The van der Waals surface area contributed by atoms with Crippen LogP contribution in [0.2, 0.25) is 0 Å². The molecule has 0 aromatic heterocycles. The molecular formula is C32H54N8O3. The number of ether oxygens (including phenoxy) is 1. The van der Waals surface area contributed by atoms with Crippen molar-refractivity contribution >= 4 is 11.4 Å². The predicted octanol–water partition coefficient (Wildman–Crippen LogP) is 0.930. The molecule has 4 heterocycles. The van der Waals surface area contributed by atoms with Crippen molar-refractivity contribution in [2.24, 2.45) is 11.7 Å². The predicted molar refractivity (Wildman–Crippen MR) is 168 cm³/mol. The average molecular weight is 599 g/mol. The first kappa shape index (κ1) is 30.1. The molecule has 1 aromatic rings. The van der Waals surface area contributed by atoms with E-state index in [0.29, 0.717) is 37.5 Å². The molecule has 4 unspecified atom stereocenters. The molecule has 11 heteroatoms. The van der Waals surface area contributed by atoms with Crippen molar-refractivity contribution in [1.82, 2.24) is 24.9 Å². The second kappa shape index (κ2) is 11.4. The maximum Gasteiger partial charge on any atom is 0.142 e. The first-order valence-corrected chi connectivity index (χ1v) is 16.5. The zero-order valence-electron chi connectivity index (χ0n) is 26.7. The SMILES string of the molecule is CN(C[C@H]1O[C@@H](N2CN(C)C3C(N)N(C)CNC32)[C@H](O)[C@@H]1O)C1CC(CCC2Nc3cc(C4(C)CCC4)ccc3N2C)C1. The molecule has 6 N–H and O–H groups in total. The number of nitrogens with two attached hydrogens (primary N) is 1. The summed E-state index contributed by atoms with van der Waals surface area (Å²) in [5.41, 5.74) is 11.0. The third kappa shape index (κ3) is 5.18. The van der Waals surface area contributed by atoms with Crippen LogP contribution in [0.5, 0.6) is 0 Å². The molecule has 2 aliphatic carbocycles. The maximum absolute atomic E-state index is 11.0. The molecule has 3 saturated heterocycles. The minimum absolute atomic E-state index is 0.0267. The lowest BCUT2D eigenvalue weighted by Crippen LogP contribution is -2.68. The highest BCUT2D eigenvalue weighted by Crippen LogP contribution is 2.47. The second-order valence-corrected chi connectivity index (χ2v) is 14.9. The molecular weight excluding hydrogens is 544 g/mol. The van der Waals surface area contributed by atoms with Gasteiger partial charge >= 0.3 is 0 Å². The summed E-state index contributed by atoms with van der Waals surface area (Å²) in [5, 5.41) is 29.4. The Kier molecular flexibility index (Phi) is 7.96. The first-order chi connectivity index (χ1) is 20.5. The van der Waals surface area contributed by atoms with E-state index in [9.17, 15) is 10.2 Å². The average Bonchev–Trinajstić information content (AvgIpc) is 3.54. The van der Waals surface area contributed by atoms with Crippen LogP contribution < -0.4 is 21.3 Å². The van der Waals surface area contributed by atoms with Crippen LogP contribution >= 0.6 is 0 Å². The number of nitrogens with zero attached hydrogens (tertiary/aromatic N) is 5. The van der Waals surface area contributed by atoms with Gasteiger partial charge < -0.3 is 35.8 Å². The summed E-state index contributed by atoms with van der Waals surface area (Å²) in [6.45, 7) is 4.32. The summed E-state index contributed by atoms with van der Waals surface area (Å²) in [7, 11) is 8.43. The number of hydrogen-bond donors (Lipinski definition) is 5. The summed E-state index contributed by atoms with van der Waals surface area (Å²) >= 11 is 0. The summed E-state index contributed by atoms with van der Waals surface area (Å²) in [5.74, 6) is 0.723. The van der Waals surface area contributed by atoms with E-state index >= 15 is 0 Å². The van der Waals surface area contributed by atoms with Crippen LogP contribution in [-0.2, 0) is 10.2 Å². The highest BCUT2D eigenvalue weighted by Gasteiger charge is 2.54. The Hall–Kier alpha value is -1.54. The van der Waals surface area contributed by atoms with Gasteiger partial charge in [0.25, 0.3) is 0 Å². The van der Waals surface area contributed by atoms with Gasteiger partial charge in [0, 0.05) is 19.6 Å². The number of rotatable bonds is 8. The summed E-state index contributed by atoms with van der Waals surface area (Å²) in [6.07, 6.45) is 6.03. The van der Waals surface area contributed by atoms with Crippen LogP contribution in [0, 0.1) is 5.92 Å². The zero-order chi connectivity index (χ0) is 30.2. The van der Waals surface area contributed by atoms with Crippen molar-refractivity contribution in [3.8, 4) is 0 Å². The molecule has 5 fully saturated rings. The first-order valence-electron chi connectivity index (χ1n) is 16.5. The molecule has 6 aliphatic rings. The van der Waals surface area contributed by atoms with Crippen LogP contribution in [-0.4, -0.2) is 133 Å². The van der Waals surface area contributed by atoms with E-state index < -0.39 is 24.5 Å². The topological polar surface area (TPSA) is 116 Å². The van der Waals surface area contributed by atoms with Crippen molar-refractivity contribution in [1.29, 1.82) is 0 Å². The molecule has 11 nitrogen and oxygen atoms in total. The van der Waals surface area contributed by atoms with E-state index in [1.165, 1.54) is 55.5 Å². The lowest BCUT2D eigenvalue weighted by atomic mass is 9.66. The van der Waals surface area contributed by atoms with E-state index in [1.54, 1.807) is 0 Å². The van der Waals surface area contributed by atoms with Gasteiger partial charge in [-0.2, -0.15) is 0 Å². The number of anilines is 2. The molecule has 0 amide bonds. The van der Waals surface area contributed by atoms with E-state index in [-0.39, 0.29) is 18.4 Å². The third-order valence-electron chi connectivity index (χ3n) is 12.1. The Balaban J connectivity index is 0.876. The van der Waals surface area contributed by atoms with E-state index in [0.717, 1.165) is 12.3 Å². The molecule has 1 aromatic carbocycles. The molecule has 2 saturated carbocycles. The summed E-state index contributed by atoms with van der Waals surface area (Å²) in [6, 6.07) is 7.64. The monoisotopic (exact) mass is 598 g/mol. The number of aliphatic hydroxyl groups is 2. The van der Waals surface area contributed by atoms with E-state index in [2.05, 4.69) is 81.4 Å². The normalized spacial score (nSPS) is 41.2. The molecule has 0 spiro atoms. The lowest BCUT2D eigenvalue weighted by Gasteiger charge is -2.43. The Bertz CT molecular complexity index is 1160. The lowest BCUT2D eigenvalue weighted by molar-refractivity contribution is -0.113. The van der Waals surface area contributed by atoms with Crippen LogP contribution in [0.25, 0.3) is 0 Å². The van der Waals surface area contributed by atoms with Crippen LogP contribution in [0.15, 0.2) is 18.2 Å². The van der Waals surface area contributed by atoms with Crippen LogP contribution in [0.3, 0.4) is 0 Å². The summed E-state index contributed by atoms with van der Waals surface area (Å²) in [4.78, 5) is 11.2. The Labute approximate surface area is 257 Å². The molecule has 43 heavy (non-hydrogen) atoms. The Morgan fingerprint density at radius 2 is 1.86 bits per heavy atom. The van der Waals surface area contributed by atoms with Gasteiger partial charge in [0.15, 0.2) is 0 Å². The van der Waals surface area contributed by atoms with Gasteiger partial charge in [-0.05, 0) is 88.7 Å². The smallest absolute Gasteiger partial charge is 0.142 e. The Morgan fingerprint density at radius 1 is 1.09 bits per heavy atom. The van der Waals surface area contributed by atoms with Crippen LogP contribution in [0.1, 0.15) is 57.4 Å². The fourth-order valence-electron chi connectivity index (χ4n) is 8.72. The van der Waals surface area contributed by atoms with Gasteiger partial charge in [0.1, 0.15) is 24.5 Å². The molecule has 0 radical (unpaired) electrons. The van der Waals surface area contributed by atoms with Gasteiger partial charge in [-0.1, -0.05) is 19.4 Å². The maximum atomic E-state index is 11.0. The number of hydrogen-bond acceptors (Lipinski definition) is 11. The van der Waals surface area contributed by atoms with Gasteiger partial charge in [-0.15, -0.1) is 0 Å². The van der Waals surface area contributed by atoms with Gasteiger partial charge in [0.2, 0.25) is 0 Å². The quantitative estimate of drug-likeness (QED) is 0.294. The minimum Gasteiger partial charge on any atom is -0.387 e. The number of nitrogens with one attached hydrogen (secondary N) is 2. The molecule has 240 valence electrons. The van der Waals surface area contributed by atoms with Crippen molar-refractivity contribution in [3.05, 3.63) is 23.8 Å². The largest absolute Gasteiger partial charge is 0.387 e. The minimum atomic E-state index is -0.954. The van der Waals surface area contributed by atoms with Gasteiger partial charge in [-0.3, -0.25) is 15.1 Å². The molecule has 0 bridgehead atoms.